The van der Waals surface area contributed by atoms with Crippen molar-refractivity contribution in [3.63, 3.8) is 0 Å². The maximum absolute atomic E-state index is 12.4. The molecule has 1 aliphatic heterocycles. The van der Waals surface area contributed by atoms with E-state index in [1.807, 2.05) is 12.2 Å². The van der Waals surface area contributed by atoms with E-state index in [-0.39, 0.29) is 22.9 Å². The Morgan fingerprint density at radius 2 is 1.80 bits per heavy atom. The van der Waals surface area contributed by atoms with Gasteiger partial charge < -0.3 is 10.4 Å². The monoisotopic (exact) mass is 295 g/mol. The third-order valence-corrected chi connectivity index (χ3v) is 5.60. The normalized spacial score (nSPS) is 39.0. The average Bonchev–Trinajstić information content (AvgIpc) is 2.84. The molecule has 0 spiro atoms. The van der Waals surface area contributed by atoms with E-state index in [0.717, 1.165) is 18.6 Å². The number of carbonyl (C=O) groups excluding carboxylic acids is 2. The Bertz CT molecular complexity index is 490. The number of rotatable bonds is 3. The minimum atomic E-state index is -0.906. The first-order valence-corrected chi connectivity index (χ1v) is 7.94. The van der Waals surface area contributed by atoms with Gasteiger partial charge in [-0.3, -0.25) is 14.4 Å². The van der Waals surface area contributed by atoms with Crippen LogP contribution in [0.1, 0.15) is 19.3 Å². The van der Waals surface area contributed by atoms with Crippen LogP contribution in [0.25, 0.3) is 0 Å². The minimum Gasteiger partial charge on any atom is -0.481 e. The number of allylic oxidation sites excluding steroid dienone is 2. The maximum atomic E-state index is 12.4. The van der Waals surface area contributed by atoms with E-state index in [0.29, 0.717) is 6.42 Å². The van der Waals surface area contributed by atoms with E-state index in [9.17, 15) is 19.5 Å². The molecule has 108 valence electrons. The molecule has 1 heterocycles. The standard InChI is InChI=1S/C14H17NO4S/c16-12(15-9-5-6-20-14(9)19)10-7-1-3-8(4-2-7)11(10)13(17)18/h1,3,7-11H,2,4-6H2,(H,15,16)(H,17,18). The smallest absolute Gasteiger partial charge is 0.307 e. The highest BCUT2D eigenvalue weighted by atomic mass is 32.2. The predicted molar refractivity (Wildman–Crippen MR) is 74.0 cm³/mol. The summed E-state index contributed by atoms with van der Waals surface area (Å²) in [4.78, 5) is 35.5. The van der Waals surface area contributed by atoms with Crippen molar-refractivity contribution in [1.82, 2.24) is 5.32 Å². The molecule has 0 aromatic rings. The lowest BCUT2D eigenvalue weighted by molar-refractivity contribution is -0.153. The number of fused-ring (bicyclic) bond motifs is 2. The van der Waals surface area contributed by atoms with Crippen LogP contribution in [0.2, 0.25) is 0 Å². The molecule has 0 aromatic heterocycles. The van der Waals surface area contributed by atoms with E-state index in [1.165, 1.54) is 11.8 Å². The van der Waals surface area contributed by atoms with Crippen LogP contribution in [0.5, 0.6) is 0 Å². The van der Waals surface area contributed by atoms with E-state index in [4.69, 9.17) is 0 Å². The number of carbonyl (C=O) groups is 3. The fourth-order valence-electron chi connectivity index (χ4n) is 3.58. The summed E-state index contributed by atoms with van der Waals surface area (Å²) < 4.78 is 0. The highest BCUT2D eigenvalue weighted by Crippen LogP contribution is 2.45. The Kier molecular flexibility index (Phi) is 3.58. The van der Waals surface area contributed by atoms with Gasteiger partial charge in [0.05, 0.1) is 17.9 Å². The zero-order chi connectivity index (χ0) is 14.3. The van der Waals surface area contributed by atoms with Gasteiger partial charge in [-0.2, -0.15) is 0 Å². The molecule has 2 bridgehead atoms. The first-order valence-electron chi connectivity index (χ1n) is 6.96. The zero-order valence-electron chi connectivity index (χ0n) is 11.0. The van der Waals surface area contributed by atoms with Gasteiger partial charge in [-0.25, -0.2) is 0 Å². The Hall–Kier alpha value is -1.30. The van der Waals surface area contributed by atoms with Crippen LogP contribution >= 0.6 is 11.8 Å². The van der Waals surface area contributed by atoms with Crippen molar-refractivity contribution >= 4 is 28.8 Å². The molecular formula is C14H17NO4S. The number of hydrogen-bond acceptors (Lipinski definition) is 4. The molecule has 0 aromatic carbocycles. The van der Waals surface area contributed by atoms with Crippen molar-refractivity contribution in [1.29, 1.82) is 0 Å². The summed E-state index contributed by atoms with van der Waals surface area (Å²) >= 11 is 1.23. The SMILES string of the molecule is O=C1SCCC1NC(=O)C1C2C=CC(CC2)C1C(=O)O. The summed E-state index contributed by atoms with van der Waals surface area (Å²) in [7, 11) is 0. The summed E-state index contributed by atoms with van der Waals surface area (Å²) in [6.07, 6.45) is 6.25. The Labute approximate surface area is 121 Å². The molecule has 2 fully saturated rings. The summed E-state index contributed by atoms with van der Waals surface area (Å²) in [6, 6.07) is -0.439. The summed E-state index contributed by atoms with van der Waals surface area (Å²) in [5.74, 6) is -1.69. The summed E-state index contributed by atoms with van der Waals surface area (Å²) in [5.41, 5.74) is 0. The molecule has 3 aliphatic carbocycles. The van der Waals surface area contributed by atoms with E-state index >= 15 is 0 Å². The van der Waals surface area contributed by atoms with Gasteiger partial charge in [-0.1, -0.05) is 23.9 Å². The molecule has 1 saturated carbocycles. The second-order valence-electron chi connectivity index (χ2n) is 5.70. The lowest BCUT2D eigenvalue weighted by Crippen LogP contribution is -2.51. The van der Waals surface area contributed by atoms with Crippen LogP contribution in [0, 0.1) is 23.7 Å². The van der Waals surface area contributed by atoms with Crippen molar-refractivity contribution in [2.24, 2.45) is 23.7 Å². The van der Waals surface area contributed by atoms with Crippen molar-refractivity contribution in [3.05, 3.63) is 12.2 Å². The molecule has 5 nitrogen and oxygen atoms in total. The Morgan fingerprint density at radius 1 is 1.15 bits per heavy atom. The van der Waals surface area contributed by atoms with E-state index < -0.39 is 23.8 Å². The van der Waals surface area contributed by atoms with Crippen LogP contribution in [-0.2, 0) is 14.4 Å². The van der Waals surface area contributed by atoms with Gasteiger partial charge in [0.1, 0.15) is 0 Å². The predicted octanol–water partition coefficient (Wildman–Crippen LogP) is 1.05. The van der Waals surface area contributed by atoms with Gasteiger partial charge in [0.15, 0.2) is 0 Å². The van der Waals surface area contributed by atoms with Crippen LogP contribution in [-0.4, -0.2) is 33.9 Å². The largest absolute Gasteiger partial charge is 0.481 e. The zero-order valence-corrected chi connectivity index (χ0v) is 11.8. The van der Waals surface area contributed by atoms with Crippen molar-refractivity contribution in [2.75, 3.05) is 5.75 Å². The van der Waals surface area contributed by atoms with Gasteiger partial charge >= 0.3 is 5.97 Å². The number of nitrogens with one attached hydrogen (secondary N) is 1. The fraction of sp³-hybridized carbons (Fsp3) is 0.643. The van der Waals surface area contributed by atoms with Crippen LogP contribution in [0.15, 0.2) is 12.2 Å². The number of carboxylic acid groups (broad SMARTS) is 1. The molecule has 2 N–H and O–H groups in total. The quantitative estimate of drug-likeness (QED) is 0.760. The molecule has 1 saturated heterocycles. The molecule has 0 radical (unpaired) electrons. The Morgan fingerprint density at radius 3 is 2.30 bits per heavy atom. The minimum absolute atomic E-state index is 0.00902. The number of aliphatic carboxylic acids is 1. The lowest BCUT2D eigenvalue weighted by atomic mass is 9.62. The molecule has 5 atom stereocenters. The fourth-order valence-corrected chi connectivity index (χ4v) is 4.52. The first kappa shape index (κ1) is 13.7. The third kappa shape index (κ3) is 2.26. The number of thioether (sulfide) groups is 1. The van der Waals surface area contributed by atoms with Gasteiger partial charge in [0.2, 0.25) is 11.0 Å². The second-order valence-corrected chi connectivity index (χ2v) is 6.80. The first-order chi connectivity index (χ1) is 9.58. The van der Waals surface area contributed by atoms with Gasteiger partial charge in [-0.15, -0.1) is 0 Å². The summed E-state index contributed by atoms with van der Waals surface area (Å²) in [5, 5.41) is 12.2. The average molecular weight is 295 g/mol. The van der Waals surface area contributed by atoms with Crippen LogP contribution in [0.3, 0.4) is 0 Å². The Balaban J connectivity index is 1.77. The van der Waals surface area contributed by atoms with Gasteiger partial charge in [-0.05, 0) is 31.1 Å². The van der Waals surface area contributed by atoms with Gasteiger partial charge in [0.25, 0.3) is 0 Å². The highest BCUT2D eigenvalue weighted by Gasteiger charge is 2.48. The van der Waals surface area contributed by atoms with Gasteiger partial charge in [0, 0.05) is 5.75 Å². The maximum Gasteiger partial charge on any atom is 0.307 e. The molecule has 1 amide bonds. The van der Waals surface area contributed by atoms with Crippen molar-refractivity contribution < 1.29 is 19.5 Å². The second kappa shape index (κ2) is 5.24. The lowest BCUT2D eigenvalue weighted by Gasteiger charge is -2.42. The van der Waals surface area contributed by atoms with Crippen molar-refractivity contribution in [3.8, 4) is 0 Å². The third-order valence-electron chi connectivity index (χ3n) is 4.59. The number of hydrogen-bond donors (Lipinski definition) is 2. The van der Waals surface area contributed by atoms with Crippen molar-refractivity contribution in [2.45, 2.75) is 25.3 Å². The molecule has 5 unspecified atom stereocenters. The van der Waals surface area contributed by atoms with E-state index in [1.54, 1.807) is 0 Å². The molecule has 6 heteroatoms. The number of carboxylic acids is 1. The molecule has 4 rings (SSSR count). The molecular weight excluding hydrogens is 278 g/mol. The summed E-state index contributed by atoms with van der Waals surface area (Å²) in [6.45, 7) is 0. The molecule has 4 aliphatic rings. The van der Waals surface area contributed by atoms with Crippen LogP contribution < -0.4 is 5.32 Å². The molecule has 20 heavy (non-hydrogen) atoms. The number of amides is 1. The highest BCUT2D eigenvalue weighted by molar-refractivity contribution is 8.14. The van der Waals surface area contributed by atoms with Crippen LogP contribution in [0.4, 0.5) is 0 Å². The van der Waals surface area contributed by atoms with E-state index in [2.05, 4.69) is 5.32 Å². The topological polar surface area (TPSA) is 83.5 Å².